The summed E-state index contributed by atoms with van der Waals surface area (Å²) in [6.07, 6.45) is 3.98. The number of carbonyl (C=O) groups is 1. The average Bonchev–Trinajstić information content (AvgIpc) is 3.13. The Kier molecular flexibility index (Phi) is 5.26. The van der Waals surface area contributed by atoms with Crippen LogP contribution in [0.1, 0.15) is 29.2 Å². The molecule has 0 heterocycles. The average molecular weight is 375 g/mol. The summed E-state index contributed by atoms with van der Waals surface area (Å²) in [6, 6.07) is 20.9. The highest BCUT2D eigenvalue weighted by Crippen LogP contribution is 2.32. The van der Waals surface area contributed by atoms with Crippen molar-refractivity contribution in [1.29, 1.82) is 0 Å². The molecule has 1 amide bonds. The van der Waals surface area contributed by atoms with Gasteiger partial charge >= 0.3 is 0 Å². The third-order valence-electron chi connectivity index (χ3n) is 5.00. The number of hydrogen-bond donors (Lipinski definition) is 1. The molecule has 3 nitrogen and oxygen atoms in total. The van der Waals surface area contributed by atoms with Gasteiger partial charge in [-0.25, -0.2) is 5.43 Å². The van der Waals surface area contributed by atoms with Gasteiger partial charge in [0.1, 0.15) is 0 Å². The van der Waals surface area contributed by atoms with Crippen LogP contribution in [-0.2, 0) is 23.4 Å². The molecule has 1 atom stereocenters. The molecule has 0 fully saturated rings. The summed E-state index contributed by atoms with van der Waals surface area (Å²) in [7, 11) is 0. The van der Waals surface area contributed by atoms with Crippen molar-refractivity contribution in [3.05, 3.63) is 82.9 Å². The zero-order valence-electron chi connectivity index (χ0n) is 15.3. The van der Waals surface area contributed by atoms with Crippen LogP contribution in [0.3, 0.4) is 0 Å². The van der Waals surface area contributed by atoms with Gasteiger partial charge in [-0.3, -0.25) is 4.79 Å². The van der Waals surface area contributed by atoms with Gasteiger partial charge in [0.15, 0.2) is 0 Å². The zero-order valence-corrected chi connectivity index (χ0v) is 16.1. The maximum Gasteiger partial charge on any atom is 0.252 e. The van der Waals surface area contributed by atoms with Gasteiger partial charge in [-0.05, 0) is 47.2 Å². The van der Waals surface area contributed by atoms with Crippen LogP contribution >= 0.6 is 11.8 Å². The van der Waals surface area contributed by atoms with Crippen molar-refractivity contribution in [2.24, 2.45) is 5.10 Å². The first kappa shape index (κ1) is 17.8. The Labute approximate surface area is 163 Å². The number of nitrogens with one attached hydrogen (secondary N) is 1. The third kappa shape index (κ3) is 3.91. The first-order valence-electron chi connectivity index (χ1n) is 9.24. The molecular weight excluding hydrogens is 352 g/mol. The molecule has 0 bridgehead atoms. The Balaban J connectivity index is 1.39. The predicted molar refractivity (Wildman–Crippen MR) is 114 cm³/mol. The summed E-state index contributed by atoms with van der Waals surface area (Å²) >= 11 is 1.61. The predicted octanol–water partition coefficient (Wildman–Crippen LogP) is 4.71. The molecule has 1 N–H and O–H groups in total. The lowest BCUT2D eigenvalue weighted by molar-refractivity contribution is -0.120. The molecule has 0 aromatic heterocycles. The van der Waals surface area contributed by atoms with Crippen molar-refractivity contribution in [1.82, 2.24) is 5.43 Å². The van der Waals surface area contributed by atoms with E-state index in [0.717, 1.165) is 24.2 Å². The highest BCUT2D eigenvalue weighted by molar-refractivity contribution is 7.99. The fraction of sp³-hybridized carbons (Fsp3) is 0.217. The molecule has 27 heavy (non-hydrogen) atoms. The number of nitrogens with zero attached hydrogens (tertiary/aromatic N) is 1. The maximum absolute atomic E-state index is 12.3. The largest absolute Gasteiger partial charge is 0.272 e. The van der Waals surface area contributed by atoms with Crippen LogP contribution in [0.25, 0.3) is 10.8 Å². The smallest absolute Gasteiger partial charge is 0.252 e. The van der Waals surface area contributed by atoms with Crippen LogP contribution in [0.4, 0.5) is 0 Å². The molecule has 0 saturated heterocycles. The highest BCUT2D eigenvalue weighted by Gasteiger charge is 2.15. The normalized spacial score (nSPS) is 14.0. The second kappa shape index (κ2) is 7.97. The molecule has 136 valence electrons. The Hall–Kier alpha value is -2.59. The second-order valence-electron chi connectivity index (χ2n) is 6.83. The van der Waals surface area contributed by atoms with Gasteiger partial charge in [0.05, 0.1) is 11.5 Å². The fourth-order valence-electron chi connectivity index (χ4n) is 3.51. The number of thioether (sulfide) groups is 1. The summed E-state index contributed by atoms with van der Waals surface area (Å²) in [5.74, 6) is 0.742. The minimum absolute atomic E-state index is 0.0712. The van der Waals surface area contributed by atoms with Gasteiger partial charge < -0.3 is 0 Å². The van der Waals surface area contributed by atoms with Crippen LogP contribution in [-0.4, -0.2) is 17.4 Å². The van der Waals surface area contributed by atoms with E-state index in [-0.39, 0.29) is 11.2 Å². The van der Waals surface area contributed by atoms with E-state index in [1.54, 1.807) is 18.0 Å². The van der Waals surface area contributed by atoms with Crippen molar-refractivity contribution in [3.8, 4) is 0 Å². The van der Waals surface area contributed by atoms with Gasteiger partial charge in [0.25, 0.3) is 5.91 Å². The maximum atomic E-state index is 12.3. The van der Waals surface area contributed by atoms with E-state index in [2.05, 4.69) is 53.0 Å². The summed E-state index contributed by atoms with van der Waals surface area (Å²) in [6.45, 7) is 1.91. The Morgan fingerprint density at radius 2 is 1.85 bits per heavy atom. The van der Waals surface area contributed by atoms with Crippen LogP contribution in [0, 0.1) is 0 Å². The number of hydrazone groups is 1. The van der Waals surface area contributed by atoms with E-state index in [1.807, 2.05) is 25.1 Å². The van der Waals surface area contributed by atoms with Gasteiger partial charge in [-0.2, -0.15) is 5.10 Å². The highest BCUT2D eigenvalue weighted by atomic mass is 32.2. The van der Waals surface area contributed by atoms with Crippen LogP contribution in [0.5, 0.6) is 0 Å². The summed E-state index contributed by atoms with van der Waals surface area (Å²) in [4.78, 5) is 12.3. The van der Waals surface area contributed by atoms with Crippen molar-refractivity contribution < 1.29 is 4.79 Å². The minimum atomic E-state index is -0.157. The molecule has 0 unspecified atom stereocenters. The van der Waals surface area contributed by atoms with Crippen LogP contribution < -0.4 is 5.43 Å². The number of benzene rings is 3. The lowest BCUT2D eigenvalue weighted by Gasteiger charge is -2.09. The lowest BCUT2D eigenvalue weighted by atomic mass is 10.0. The molecule has 1 aliphatic carbocycles. The lowest BCUT2D eigenvalue weighted by Crippen LogP contribution is -2.27. The molecule has 3 aromatic carbocycles. The minimum Gasteiger partial charge on any atom is -0.272 e. The van der Waals surface area contributed by atoms with E-state index in [1.165, 1.54) is 27.5 Å². The van der Waals surface area contributed by atoms with E-state index in [0.29, 0.717) is 0 Å². The molecular formula is C23H22N2OS. The van der Waals surface area contributed by atoms with Crippen molar-refractivity contribution in [2.45, 2.75) is 30.8 Å². The van der Waals surface area contributed by atoms with E-state index < -0.39 is 0 Å². The van der Waals surface area contributed by atoms with Gasteiger partial charge in [-0.1, -0.05) is 60.7 Å². The SMILES string of the molecule is C[C@H](SCc1ccccc1)C(=O)N/N=C\c1ccc2c3c(cccc13)CC2. The molecule has 0 spiro atoms. The van der Waals surface area contributed by atoms with Crippen LogP contribution in [0.2, 0.25) is 0 Å². The van der Waals surface area contributed by atoms with Crippen molar-refractivity contribution in [3.63, 3.8) is 0 Å². The second-order valence-corrected chi connectivity index (χ2v) is 8.16. The van der Waals surface area contributed by atoms with Gasteiger partial charge in [-0.15, -0.1) is 11.8 Å². The van der Waals surface area contributed by atoms with Gasteiger partial charge in [0, 0.05) is 11.3 Å². The quantitative estimate of drug-likeness (QED) is 0.501. The standard InChI is InChI=1S/C23H22N2OS/c1-16(27-15-17-6-3-2-4-7-17)23(26)25-24-14-20-13-12-19-11-10-18-8-5-9-21(20)22(18)19/h2-9,12-14,16H,10-11,15H2,1H3,(H,25,26)/b24-14-/t16-/m0/s1. The Morgan fingerprint density at radius 3 is 2.67 bits per heavy atom. The van der Waals surface area contributed by atoms with Crippen molar-refractivity contribution >= 4 is 34.7 Å². The first-order valence-corrected chi connectivity index (χ1v) is 10.3. The Bertz CT molecular complexity index is 988. The topological polar surface area (TPSA) is 41.5 Å². The van der Waals surface area contributed by atoms with E-state index in [9.17, 15) is 4.79 Å². The van der Waals surface area contributed by atoms with Crippen molar-refractivity contribution in [2.75, 3.05) is 0 Å². The number of amides is 1. The first-order chi connectivity index (χ1) is 13.2. The molecule has 0 radical (unpaired) electrons. The fourth-order valence-corrected chi connectivity index (χ4v) is 4.35. The molecule has 0 saturated carbocycles. The van der Waals surface area contributed by atoms with E-state index >= 15 is 0 Å². The summed E-state index contributed by atoms with van der Waals surface area (Å²) in [5.41, 5.74) is 7.77. The summed E-state index contributed by atoms with van der Waals surface area (Å²) < 4.78 is 0. The van der Waals surface area contributed by atoms with Crippen LogP contribution in [0.15, 0.2) is 65.8 Å². The molecule has 4 heteroatoms. The molecule has 3 aromatic rings. The number of hydrogen-bond acceptors (Lipinski definition) is 3. The zero-order chi connectivity index (χ0) is 18.6. The number of aryl methyl sites for hydroxylation is 2. The third-order valence-corrected chi connectivity index (χ3v) is 6.22. The molecule has 1 aliphatic rings. The Morgan fingerprint density at radius 1 is 1.07 bits per heavy atom. The number of rotatable bonds is 6. The molecule has 4 rings (SSSR count). The van der Waals surface area contributed by atoms with Gasteiger partial charge in [0.2, 0.25) is 0 Å². The number of carbonyl (C=O) groups excluding carboxylic acids is 1. The summed E-state index contributed by atoms with van der Waals surface area (Å²) in [5, 5.41) is 6.63. The molecule has 0 aliphatic heterocycles. The van der Waals surface area contributed by atoms with E-state index in [4.69, 9.17) is 0 Å². The monoisotopic (exact) mass is 374 g/mol.